The second kappa shape index (κ2) is 7.72. The standard InChI is InChI=1S/C17H30F2O/c1-3-5-12-6-8-13(9-7-12)14-10-11-15(20-4-2)17(19)16(14)18/h12-17H,3-11H2,1-2H3. The molecule has 0 aliphatic heterocycles. The lowest BCUT2D eigenvalue weighted by Crippen LogP contribution is -2.45. The molecule has 118 valence electrons. The highest BCUT2D eigenvalue weighted by molar-refractivity contribution is 4.93. The predicted octanol–water partition coefficient (Wildman–Crippen LogP) is 5.08. The van der Waals surface area contributed by atoms with Gasteiger partial charge in [-0.3, -0.25) is 0 Å². The fourth-order valence-corrected chi connectivity index (χ4v) is 4.31. The molecule has 4 unspecified atom stereocenters. The maximum atomic E-state index is 14.4. The Morgan fingerprint density at radius 1 is 0.900 bits per heavy atom. The van der Waals surface area contributed by atoms with Crippen molar-refractivity contribution in [2.75, 3.05) is 6.61 Å². The van der Waals surface area contributed by atoms with E-state index < -0.39 is 18.4 Å². The molecule has 0 saturated heterocycles. The van der Waals surface area contributed by atoms with Crippen molar-refractivity contribution in [2.45, 2.75) is 83.7 Å². The molecule has 2 aliphatic carbocycles. The lowest BCUT2D eigenvalue weighted by molar-refractivity contribution is -0.0844. The first kappa shape index (κ1) is 16.2. The van der Waals surface area contributed by atoms with Crippen LogP contribution in [0, 0.1) is 17.8 Å². The van der Waals surface area contributed by atoms with Gasteiger partial charge in [0.25, 0.3) is 0 Å². The summed E-state index contributed by atoms with van der Waals surface area (Å²) < 4.78 is 33.9. The van der Waals surface area contributed by atoms with E-state index in [1.807, 2.05) is 6.92 Å². The third kappa shape index (κ3) is 3.72. The molecule has 2 fully saturated rings. The van der Waals surface area contributed by atoms with Crippen LogP contribution in [0.1, 0.15) is 65.2 Å². The summed E-state index contributed by atoms with van der Waals surface area (Å²) in [7, 11) is 0. The molecule has 2 rings (SSSR count). The summed E-state index contributed by atoms with van der Waals surface area (Å²) in [6.07, 6.45) is 5.43. The minimum Gasteiger partial charge on any atom is -0.375 e. The van der Waals surface area contributed by atoms with E-state index >= 15 is 0 Å². The quantitative estimate of drug-likeness (QED) is 0.685. The largest absolute Gasteiger partial charge is 0.375 e. The van der Waals surface area contributed by atoms with Gasteiger partial charge in [-0.05, 0) is 50.4 Å². The van der Waals surface area contributed by atoms with Crippen molar-refractivity contribution in [3.63, 3.8) is 0 Å². The van der Waals surface area contributed by atoms with Crippen molar-refractivity contribution in [1.82, 2.24) is 0 Å². The van der Waals surface area contributed by atoms with Gasteiger partial charge in [0, 0.05) is 6.61 Å². The Kier molecular flexibility index (Phi) is 6.25. The molecule has 0 heterocycles. The normalized spacial score (nSPS) is 42.6. The molecule has 0 amide bonds. The number of ether oxygens (including phenoxy) is 1. The summed E-state index contributed by atoms with van der Waals surface area (Å²) >= 11 is 0. The molecule has 20 heavy (non-hydrogen) atoms. The van der Waals surface area contributed by atoms with Crippen LogP contribution in [0.3, 0.4) is 0 Å². The van der Waals surface area contributed by atoms with Gasteiger partial charge in [-0.2, -0.15) is 0 Å². The van der Waals surface area contributed by atoms with Crippen molar-refractivity contribution in [3.8, 4) is 0 Å². The van der Waals surface area contributed by atoms with Crippen LogP contribution >= 0.6 is 0 Å². The van der Waals surface area contributed by atoms with E-state index in [2.05, 4.69) is 6.92 Å². The molecular weight excluding hydrogens is 258 g/mol. The number of rotatable bonds is 5. The molecular formula is C17H30F2O. The molecule has 0 N–H and O–H groups in total. The van der Waals surface area contributed by atoms with Crippen molar-refractivity contribution >= 4 is 0 Å². The molecule has 0 aromatic heterocycles. The number of halogens is 2. The smallest absolute Gasteiger partial charge is 0.157 e. The molecule has 2 saturated carbocycles. The molecule has 1 nitrogen and oxygen atoms in total. The maximum absolute atomic E-state index is 14.4. The molecule has 3 heteroatoms. The van der Waals surface area contributed by atoms with E-state index in [1.54, 1.807) is 0 Å². The summed E-state index contributed by atoms with van der Waals surface area (Å²) in [6, 6.07) is 0. The summed E-state index contributed by atoms with van der Waals surface area (Å²) in [5.41, 5.74) is 0. The Bertz CT molecular complexity index is 276. The first-order valence-corrected chi connectivity index (χ1v) is 8.57. The summed E-state index contributed by atoms with van der Waals surface area (Å²) in [5.74, 6) is 1.17. The Labute approximate surface area is 122 Å². The first-order valence-electron chi connectivity index (χ1n) is 8.57. The SMILES string of the molecule is CCCC1CCC(C2CCC(OCC)C(F)C2F)CC1. The predicted molar refractivity (Wildman–Crippen MR) is 78.3 cm³/mol. The average molecular weight is 288 g/mol. The highest BCUT2D eigenvalue weighted by Crippen LogP contribution is 2.43. The minimum absolute atomic E-state index is 0.0655. The molecule has 2 aliphatic rings. The van der Waals surface area contributed by atoms with Crippen LogP contribution < -0.4 is 0 Å². The van der Waals surface area contributed by atoms with Gasteiger partial charge in [0.2, 0.25) is 0 Å². The molecule has 4 atom stereocenters. The van der Waals surface area contributed by atoms with Gasteiger partial charge >= 0.3 is 0 Å². The van der Waals surface area contributed by atoms with Crippen molar-refractivity contribution in [1.29, 1.82) is 0 Å². The second-order valence-corrected chi connectivity index (χ2v) is 6.69. The summed E-state index contributed by atoms with van der Waals surface area (Å²) in [5, 5.41) is 0. The molecule has 0 aromatic rings. The zero-order chi connectivity index (χ0) is 14.5. The Balaban J connectivity index is 1.85. The van der Waals surface area contributed by atoms with Crippen LogP contribution in [0.15, 0.2) is 0 Å². The molecule has 0 aromatic carbocycles. The third-order valence-corrected chi connectivity index (χ3v) is 5.43. The molecule has 0 radical (unpaired) electrons. The lowest BCUT2D eigenvalue weighted by atomic mass is 9.69. The van der Waals surface area contributed by atoms with E-state index in [-0.39, 0.29) is 5.92 Å². The zero-order valence-corrected chi connectivity index (χ0v) is 13.0. The number of alkyl halides is 2. The molecule has 0 spiro atoms. The Hall–Kier alpha value is -0.180. The molecule has 0 bridgehead atoms. The summed E-state index contributed by atoms with van der Waals surface area (Å²) in [4.78, 5) is 0. The van der Waals surface area contributed by atoms with E-state index in [0.717, 1.165) is 25.2 Å². The summed E-state index contributed by atoms with van der Waals surface area (Å²) in [6.45, 7) is 4.55. The van der Waals surface area contributed by atoms with E-state index in [9.17, 15) is 8.78 Å². The fraction of sp³-hybridized carbons (Fsp3) is 1.00. The van der Waals surface area contributed by atoms with Crippen LogP contribution in [-0.2, 0) is 4.74 Å². The van der Waals surface area contributed by atoms with Gasteiger partial charge in [-0.1, -0.05) is 32.6 Å². The first-order chi connectivity index (χ1) is 9.67. The lowest BCUT2D eigenvalue weighted by Gasteiger charge is -2.41. The zero-order valence-electron chi connectivity index (χ0n) is 13.0. The number of hydrogen-bond donors (Lipinski definition) is 0. The van der Waals surface area contributed by atoms with E-state index in [4.69, 9.17) is 4.74 Å². The highest BCUT2D eigenvalue weighted by Gasteiger charge is 2.44. The van der Waals surface area contributed by atoms with Crippen molar-refractivity contribution < 1.29 is 13.5 Å². The van der Waals surface area contributed by atoms with Crippen LogP contribution in [0.2, 0.25) is 0 Å². The Morgan fingerprint density at radius 2 is 1.60 bits per heavy atom. The van der Waals surface area contributed by atoms with Crippen LogP contribution in [0.4, 0.5) is 8.78 Å². The average Bonchev–Trinajstić information content (AvgIpc) is 2.46. The van der Waals surface area contributed by atoms with Gasteiger partial charge in [0.1, 0.15) is 6.17 Å². The van der Waals surface area contributed by atoms with Crippen molar-refractivity contribution in [2.24, 2.45) is 17.8 Å². The second-order valence-electron chi connectivity index (χ2n) is 6.69. The maximum Gasteiger partial charge on any atom is 0.157 e. The van der Waals surface area contributed by atoms with Gasteiger partial charge < -0.3 is 4.74 Å². The fourth-order valence-electron chi connectivity index (χ4n) is 4.31. The minimum atomic E-state index is -1.41. The highest BCUT2D eigenvalue weighted by atomic mass is 19.2. The topological polar surface area (TPSA) is 9.23 Å². The van der Waals surface area contributed by atoms with Crippen LogP contribution in [-0.4, -0.2) is 25.1 Å². The van der Waals surface area contributed by atoms with E-state index in [0.29, 0.717) is 18.9 Å². The van der Waals surface area contributed by atoms with Gasteiger partial charge in [-0.15, -0.1) is 0 Å². The van der Waals surface area contributed by atoms with Crippen molar-refractivity contribution in [3.05, 3.63) is 0 Å². The monoisotopic (exact) mass is 288 g/mol. The number of hydrogen-bond acceptors (Lipinski definition) is 1. The van der Waals surface area contributed by atoms with Gasteiger partial charge in [0.05, 0.1) is 6.10 Å². The van der Waals surface area contributed by atoms with E-state index in [1.165, 1.54) is 25.7 Å². The van der Waals surface area contributed by atoms with Gasteiger partial charge in [0.15, 0.2) is 6.17 Å². The van der Waals surface area contributed by atoms with Crippen LogP contribution in [0.25, 0.3) is 0 Å². The Morgan fingerprint density at radius 3 is 2.20 bits per heavy atom. The third-order valence-electron chi connectivity index (χ3n) is 5.43. The van der Waals surface area contributed by atoms with Crippen LogP contribution in [0.5, 0.6) is 0 Å². The van der Waals surface area contributed by atoms with Gasteiger partial charge in [-0.25, -0.2) is 8.78 Å².